The SMILES string of the molecule is Cc1nc(CNC(=O)C(C)(C)C)sc1-c1cccc(-c2ccc(C(=O)O)c(O)c2)c1. The maximum Gasteiger partial charge on any atom is 0.339 e. The minimum absolute atomic E-state index is 0.0245. The van der Waals surface area contributed by atoms with Crippen molar-refractivity contribution in [2.75, 3.05) is 0 Å². The van der Waals surface area contributed by atoms with Crippen molar-refractivity contribution in [2.45, 2.75) is 34.2 Å². The Labute approximate surface area is 179 Å². The molecule has 0 radical (unpaired) electrons. The third kappa shape index (κ3) is 4.68. The van der Waals surface area contributed by atoms with Crippen molar-refractivity contribution in [3.8, 4) is 27.3 Å². The maximum atomic E-state index is 12.1. The normalized spacial score (nSPS) is 11.3. The molecule has 0 fully saturated rings. The summed E-state index contributed by atoms with van der Waals surface area (Å²) in [5, 5.41) is 22.8. The lowest BCUT2D eigenvalue weighted by Crippen LogP contribution is -2.34. The van der Waals surface area contributed by atoms with Crippen LogP contribution in [0.1, 0.15) is 41.8 Å². The number of benzene rings is 2. The van der Waals surface area contributed by atoms with E-state index in [0.717, 1.165) is 32.3 Å². The molecule has 30 heavy (non-hydrogen) atoms. The van der Waals surface area contributed by atoms with Gasteiger partial charge < -0.3 is 15.5 Å². The van der Waals surface area contributed by atoms with Crippen molar-refractivity contribution in [3.63, 3.8) is 0 Å². The van der Waals surface area contributed by atoms with E-state index < -0.39 is 11.4 Å². The van der Waals surface area contributed by atoms with E-state index in [0.29, 0.717) is 6.54 Å². The fourth-order valence-electron chi connectivity index (χ4n) is 2.95. The van der Waals surface area contributed by atoms with Gasteiger partial charge in [-0.05, 0) is 41.8 Å². The van der Waals surface area contributed by atoms with E-state index in [4.69, 9.17) is 5.11 Å². The average molecular weight is 425 g/mol. The standard InChI is InChI=1S/C23H24N2O4S/c1-13-20(30-19(25-13)12-24-22(29)23(2,3)4)16-7-5-6-14(10-16)15-8-9-17(21(27)28)18(26)11-15/h5-11,26H,12H2,1-4H3,(H,24,29)(H,27,28). The summed E-state index contributed by atoms with van der Waals surface area (Å²) in [5.74, 6) is -1.46. The molecule has 1 heterocycles. The van der Waals surface area contributed by atoms with Crippen LogP contribution in [0.15, 0.2) is 42.5 Å². The molecular formula is C23H24N2O4S. The van der Waals surface area contributed by atoms with E-state index in [9.17, 15) is 14.7 Å². The molecular weight excluding hydrogens is 400 g/mol. The molecule has 3 aromatic rings. The van der Waals surface area contributed by atoms with Crippen LogP contribution >= 0.6 is 11.3 Å². The number of aromatic carboxylic acids is 1. The highest BCUT2D eigenvalue weighted by Gasteiger charge is 2.21. The van der Waals surface area contributed by atoms with Gasteiger partial charge in [0.25, 0.3) is 0 Å². The number of carbonyl (C=O) groups is 2. The van der Waals surface area contributed by atoms with Gasteiger partial charge in [-0.2, -0.15) is 0 Å². The molecule has 0 aliphatic rings. The molecule has 2 aromatic carbocycles. The lowest BCUT2D eigenvalue weighted by atomic mass is 9.96. The second kappa shape index (κ2) is 8.28. The van der Waals surface area contributed by atoms with E-state index in [2.05, 4.69) is 10.3 Å². The number of phenols is 1. The summed E-state index contributed by atoms with van der Waals surface area (Å²) in [6, 6.07) is 12.3. The third-order valence-corrected chi connectivity index (χ3v) is 5.81. The monoisotopic (exact) mass is 424 g/mol. The number of nitrogens with one attached hydrogen (secondary N) is 1. The number of carbonyl (C=O) groups excluding carboxylic acids is 1. The fraction of sp³-hybridized carbons (Fsp3) is 0.261. The Bertz CT molecular complexity index is 1110. The Morgan fingerprint density at radius 3 is 2.37 bits per heavy atom. The van der Waals surface area contributed by atoms with Gasteiger partial charge in [0, 0.05) is 5.41 Å². The van der Waals surface area contributed by atoms with Gasteiger partial charge in [0.1, 0.15) is 16.3 Å². The average Bonchev–Trinajstić information content (AvgIpc) is 3.05. The van der Waals surface area contributed by atoms with Gasteiger partial charge in [-0.1, -0.05) is 45.0 Å². The van der Waals surface area contributed by atoms with Crippen LogP contribution in [0.2, 0.25) is 0 Å². The number of carboxylic acids is 1. The number of hydrogen-bond donors (Lipinski definition) is 3. The van der Waals surface area contributed by atoms with Crippen molar-refractivity contribution in [3.05, 3.63) is 58.7 Å². The molecule has 0 saturated heterocycles. The first-order chi connectivity index (χ1) is 14.1. The predicted molar refractivity (Wildman–Crippen MR) is 118 cm³/mol. The van der Waals surface area contributed by atoms with E-state index in [1.54, 1.807) is 6.07 Å². The molecule has 0 spiro atoms. The summed E-state index contributed by atoms with van der Waals surface area (Å²) in [5.41, 5.74) is 2.84. The van der Waals surface area contributed by atoms with Crippen LogP contribution in [0.3, 0.4) is 0 Å². The first-order valence-electron chi connectivity index (χ1n) is 9.48. The summed E-state index contributed by atoms with van der Waals surface area (Å²) in [4.78, 5) is 28.8. The van der Waals surface area contributed by atoms with E-state index >= 15 is 0 Å². The van der Waals surface area contributed by atoms with Crippen molar-refractivity contribution in [1.82, 2.24) is 10.3 Å². The van der Waals surface area contributed by atoms with Gasteiger partial charge in [-0.25, -0.2) is 9.78 Å². The smallest absolute Gasteiger partial charge is 0.339 e. The summed E-state index contributed by atoms with van der Waals surface area (Å²) in [6.45, 7) is 7.92. The van der Waals surface area contributed by atoms with Crippen molar-refractivity contribution >= 4 is 23.2 Å². The van der Waals surface area contributed by atoms with Gasteiger partial charge >= 0.3 is 5.97 Å². The largest absolute Gasteiger partial charge is 0.507 e. The lowest BCUT2D eigenvalue weighted by molar-refractivity contribution is -0.128. The van der Waals surface area contributed by atoms with Gasteiger partial charge in [0.05, 0.1) is 17.1 Å². The highest BCUT2D eigenvalue weighted by Crippen LogP contribution is 2.34. The third-order valence-electron chi connectivity index (χ3n) is 4.61. The summed E-state index contributed by atoms with van der Waals surface area (Å²) < 4.78 is 0. The quantitative estimate of drug-likeness (QED) is 0.544. The predicted octanol–water partition coefficient (Wildman–Crippen LogP) is 4.85. The van der Waals surface area contributed by atoms with Crippen LogP contribution in [0.4, 0.5) is 0 Å². The number of rotatable bonds is 5. The summed E-state index contributed by atoms with van der Waals surface area (Å²) >= 11 is 1.53. The van der Waals surface area contributed by atoms with Crippen molar-refractivity contribution < 1.29 is 19.8 Å². The van der Waals surface area contributed by atoms with Gasteiger partial charge in [-0.15, -0.1) is 11.3 Å². The van der Waals surface area contributed by atoms with Crippen molar-refractivity contribution in [2.24, 2.45) is 5.41 Å². The number of aryl methyl sites for hydroxylation is 1. The Kier molecular flexibility index (Phi) is 5.94. The minimum atomic E-state index is -1.17. The number of thiazole rings is 1. The van der Waals surface area contributed by atoms with Crippen LogP contribution in [-0.4, -0.2) is 27.1 Å². The van der Waals surface area contributed by atoms with E-state index in [-0.39, 0.29) is 17.2 Å². The molecule has 0 unspecified atom stereocenters. The first kappa shape index (κ1) is 21.5. The second-order valence-electron chi connectivity index (χ2n) is 8.07. The molecule has 3 N–H and O–H groups in total. The summed E-state index contributed by atoms with van der Waals surface area (Å²) in [7, 11) is 0. The van der Waals surface area contributed by atoms with Crippen LogP contribution < -0.4 is 5.32 Å². The molecule has 0 aliphatic carbocycles. The Morgan fingerprint density at radius 2 is 1.73 bits per heavy atom. The lowest BCUT2D eigenvalue weighted by Gasteiger charge is -2.16. The number of aromatic hydroxyl groups is 1. The first-order valence-corrected chi connectivity index (χ1v) is 10.3. The zero-order chi connectivity index (χ0) is 22.1. The highest BCUT2D eigenvalue weighted by atomic mass is 32.1. The Hall–Kier alpha value is -3.19. The van der Waals surface area contributed by atoms with Crippen molar-refractivity contribution in [1.29, 1.82) is 0 Å². The number of carboxylic acid groups (broad SMARTS) is 1. The number of hydrogen-bond acceptors (Lipinski definition) is 5. The fourth-order valence-corrected chi connectivity index (χ4v) is 3.95. The van der Waals surface area contributed by atoms with E-state index in [1.165, 1.54) is 23.5 Å². The maximum absolute atomic E-state index is 12.1. The van der Waals surface area contributed by atoms with Crippen LogP contribution in [0, 0.1) is 12.3 Å². The van der Waals surface area contributed by atoms with Crippen LogP contribution in [-0.2, 0) is 11.3 Å². The second-order valence-corrected chi connectivity index (χ2v) is 9.16. The minimum Gasteiger partial charge on any atom is -0.507 e. The molecule has 1 amide bonds. The zero-order valence-corrected chi connectivity index (χ0v) is 18.1. The highest BCUT2D eigenvalue weighted by molar-refractivity contribution is 7.15. The zero-order valence-electron chi connectivity index (χ0n) is 17.3. The Balaban J connectivity index is 1.86. The molecule has 7 heteroatoms. The number of aromatic nitrogens is 1. The molecule has 1 aromatic heterocycles. The molecule has 0 aliphatic heterocycles. The number of amides is 1. The molecule has 3 rings (SSSR count). The number of nitrogens with zero attached hydrogens (tertiary/aromatic N) is 1. The molecule has 0 bridgehead atoms. The summed E-state index contributed by atoms with van der Waals surface area (Å²) in [6.07, 6.45) is 0. The van der Waals surface area contributed by atoms with Gasteiger partial charge in [-0.3, -0.25) is 4.79 Å². The Morgan fingerprint density at radius 1 is 1.07 bits per heavy atom. The topological polar surface area (TPSA) is 99.5 Å². The van der Waals surface area contributed by atoms with Crippen LogP contribution in [0.25, 0.3) is 21.6 Å². The molecule has 156 valence electrons. The molecule has 0 atom stereocenters. The van der Waals surface area contributed by atoms with E-state index in [1.807, 2.05) is 52.0 Å². The molecule has 0 saturated carbocycles. The van der Waals surface area contributed by atoms with Crippen LogP contribution in [0.5, 0.6) is 5.75 Å². The van der Waals surface area contributed by atoms with Gasteiger partial charge in [0.15, 0.2) is 0 Å². The molecule has 6 nitrogen and oxygen atoms in total. The van der Waals surface area contributed by atoms with Gasteiger partial charge in [0.2, 0.25) is 5.91 Å².